The lowest BCUT2D eigenvalue weighted by atomic mass is 10.1. The summed E-state index contributed by atoms with van der Waals surface area (Å²) in [4.78, 5) is 17.4. The van der Waals surface area contributed by atoms with Crippen LogP contribution in [0.3, 0.4) is 0 Å². The first-order chi connectivity index (χ1) is 11.5. The average molecular weight is 435 g/mol. The Kier molecular flexibility index (Phi) is 5.95. The van der Waals surface area contributed by atoms with Crippen LogP contribution in [0.15, 0.2) is 21.6 Å². The number of nitrogen functional groups attached to an aromatic ring is 1. The number of amides is 1. The Morgan fingerprint density at radius 2 is 2.20 bits per heavy atom. The van der Waals surface area contributed by atoms with E-state index in [4.69, 9.17) is 10.5 Å². The normalized spacial score (nSPS) is 18.4. The number of anilines is 1. The van der Waals surface area contributed by atoms with Crippen LogP contribution in [0.5, 0.6) is 0 Å². The van der Waals surface area contributed by atoms with Crippen LogP contribution in [-0.4, -0.2) is 49.6 Å². The number of carbonyl (C=O) groups is 1. The van der Waals surface area contributed by atoms with Gasteiger partial charge in [0.25, 0.3) is 0 Å². The van der Waals surface area contributed by atoms with Gasteiger partial charge in [-0.2, -0.15) is 0 Å². The predicted molar refractivity (Wildman–Crippen MR) is 97.5 cm³/mol. The van der Waals surface area contributed by atoms with Gasteiger partial charge in [0.1, 0.15) is 16.3 Å². The van der Waals surface area contributed by atoms with Crippen LogP contribution in [0.1, 0.15) is 27.2 Å². The van der Waals surface area contributed by atoms with E-state index in [9.17, 15) is 13.2 Å². The maximum atomic E-state index is 12.4. The third kappa shape index (κ3) is 5.55. The number of aromatic nitrogens is 1. The van der Waals surface area contributed by atoms with Gasteiger partial charge in [-0.1, -0.05) is 0 Å². The molecule has 140 valence electrons. The van der Waals surface area contributed by atoms with E-state index in [1.165, 1.54) is 12.3 Å². The van der Waals surface area contributed by atoms with Gasteiger partial charge < -0.3 is 15.4 Å². The summed E-state index contributed by atoms with van der Waals surface area (Å²) in [6.45, 7) is 6.63. The summed E-state index contributed by atoms with van der Waals surface area (Å²) in [6.07, 6.45) is 1.76. The minimum Gasteiger partial charge on any atom is -0.444 e. The highest BCUT2D eigenvalue weighted by molar-refractivity contribution is 9.10. The second-order valence-corrected chi connectivity index (χ2v) is 9.62. The van der Waals surface area contributed by atoms with Gasteiger partial charge in [0, 0.05) is 30.3 Å². The first-order valence-corrected chi connectivity index (χ1v) is 10.1. The minimum absolute atomic E-state index is 0.0172. The average Bonchev–Trinajstić information content (AvgIpc) is 2.95. The van der Waals surface area contributed by atoms with Crippen molar-refractivity contribution < 1.29 is 17.9 Å². The lowest BCUT2D eigenvalue weighted by molar-refractivity contribution is 0.0288. The third-order valence-electron chi connectivity index (χ3n) is 3.64. The number of nitrogens with zero attached hydrogens (tertiary/aromatic N) is 2. The molecule has 1 aliphatic heterocycles. The molecule has 0 aliphatic carbocycles. The molecule has 0 aromatic carbocycles. The summed E-state index contributed by atoms with van der Waals surface area (Å²) in [5.74, 6) is -0.0406. The molecule has 1 atom stereocenters. The van der Waals surface area contributed by atoms with Crippen LogP contribution in [0.4, 0.5) is 10.6 Å². The van der Waals surface area contributed by atoms with Crippen LogP contribution >= 0.6 is 15.9 Å². The third-order valence-corrected chi connectivity index (χ3v) is 5.52. The fourth-order valence-corrected chi connectivity index (χ4v) is 4.15. The zero-order chi connectivity index (χ0) is 18.8. The van der Waals surface area contributed by atoms with E-state index in [1.54, 1.807) is 4.90 Å². The molecule has 0 bridgehead atoms. The summed E-state index contributed by atoms with van der Waals surface area (Å²) in [6, 6.07) is 1.41. The van der Waals surface area contributed by atoms with Crippen molar-refractivity contribution in [1.29, 1.82) is 0 Å². The Bertz CT molecular complexity index is 748. The van der Waals surface area contributed by atoms with Crippen molar-refractivity contribution in [2.75, 3.05) is 25.4 Å². The Hall–Kier alpha value is -1.39. The highest BCUT2D eigenvalue weighted by Gasteiger charge is 2.30. The molecule has 25 heavy (non-hydrogen) atoms. The Labute approximate surface area is 156 Å². The van der Waals surface area contributed by atoms with E-state index in [-0.39, 0.29) is 29.3 Å². The summed E-state index contributed by atoms with van der Waals surface area (Å²) in [5.41, 5.74) is 5.11. The number of ether oxygens (including phenoxy) is 1. The number of hydrogen-bond acceptors (Lipinski definition) is 6. The fourth-order valence-electron chi connectivity index (χ4n) is 2.44. The molecular weight excluding hydrogens is 412 g/mol. The SMILES string of the molecule is CC(C)(C)OC(=O)N1CC[C@H](CNS(=O)(=O)c2cc(Br)cnc2N)C1. The summed E-state index contributed by atoms with van der Waals surface area (Å²) in [7, 11) is -3.77. The fraction of sp³-hybridized carbons (Fsp3) is 0.600. The molecule has 1 aliphatic rings. The number of carbonyl (C=O) groups excluding carboxylic acids is 1. The van der Waals surface area contributed by atoms with Crippen molar-refractivity contribution in [3.05, 3.63) is 16.7 Å². The van der Waals surface area contributed by atoms with E-state index in [0.29, 0.717) is 24.0 Å². The lowest BCUT2D eigenvalue weighted by Gasteiger charge is -2.24. The van der Waals surface area contributed by atoms with Gasteiger partial charge in [-0.05, 0) is 55.1 Å². The summed E-state index contributed by atoms with van der Waals surface area (Å²) >= 11 is 3.19. The van der Waals surface area contributed by atoms with Crippen molar-refractivity contribution in [2.24, 2.45) is 5.92 Å². The number of hydrogen-bond donors (Lipinski definition) is 2. The zero-order valence-corrected chi connectivity index (χ0v) is 16.9. The molecule has 0 radical (unpaired) electrons. The highest BCUT2D eigenvalue weighted by atomic mass is 79.9. The van der Waals surface area contributed by atoms with Gasteiger partial charge in [0.05, 0.1) is 0 Å². The second-order valence-electron chi connectivity index (χ2n) is 6.97. The number of nitrogens with two attached hydrogens (primary N) is 1. The predicted octanol–water partition coefficient (Wildman–Crippen LogP) is 1.96. The van der Waals surface area contributed by atoms with Crippen LogP contribution in [0, 0.1) is 5.92 Å². The standard InChI is InChI=1S/C15H23BrN4O4S/c1-15(2,3)24-14(21)20-5-4-10(9-20)7-19-25(22,23)12-6-11(16)8-18-13(12)17/h6,8,10,19H,4-5,7,9H2,1-3H3,(H2,17,18)/t10-/m1/s1. The molecule has 0 saturated carbocycles. The van der Waals surface area contributed by atoms with Crippen molar-refractivity contribution in [1.82, 2.24) is 14.6 Å². The van der Waals surface area contributed by atoms with Crippen LogP contribution in [0.25, 0.3) is 0 Å². The molecule has 1 aromatic heterocycles. The Morgan fingerprint density at radius 1 is 1.52 bits per heavy atom. The van der Waals surface area contributed by atoms with Gasteiger partial charge in [-0.25, -0.2) is 22.9 Å². The van der Waals surface area contributed by atoms with Crippen LogP contribution in [0.2, 0.25) is 0 Å². The van der Waals surface area contributed by atoms with E-state index in [0.717, 1.165) is 0 Å². The monoisotopic (exact) mass is 434 g/mol. The molecule has 8 nitrogen and oxygen atoms in total. The molecule has 1 fully saturated rings. The molecule has 1 aromatic rings. The second kappa shape index (κ2) is 7.46. The molecule has 10 heteroatoms. The Balaban J connectivity index is 1.94. The van der Waals surface area contributed by atoms with E-state index in [2.05, 4.69) is 25.6 Å². The van der Waals surface area contributed by atoms with Crippen molar-refractivity contribution in [2.45, 2.75) is 37.7 Å². The Morgan fingerprint density at radius 3 is 2.84 bits per heavy atom. The van der Waals surface area contributed by atoms with Gasteiger partial charge >= 0.3 is 6.09 Å². The maximum absolute atomic E-state index is 12.4. The van der Waals surface area contributed by atoms with Gasteiger partial charge in [0.2, 0.25) is 10.0 Å². The molecule has 2 rings (SSSR count). The van der Waals surface area contributed by atoms with Gasteiger partial charge in [0.15, 0.2) is 0 Å². The first kappa shape index (κ1) is 19.9. The van der Waals surface area contributed by atoms with Crippen LogP contribution in [-0.2, 0) is 14.8 Å². The van der Waals surface area contributed by atoms with E-state index in [1.807, 2.05) is 20.8 Å². The first-order valence-electron chi connectivity index (χ1n) is 7.86. The van der Waals surface area contributed by atoms with Crippen molar-refractivity contribution in [3.8, 4) is 0 Å². The number of rotatable bonds is 4. The lowest BCUT2D eigenvalue weighted by Crippen LogP contribution is -2.36. The molecule has 1 saturated heterocycles. The quantitative estimate of drug-likeness (QED) is 0.748. The molecule has 0 unspecified atom stereocenters. The number of sulfonamides is 1. The smallest absolute Gasteiger partial charge is 0.410 e. The molecule has 3 N–H and O–H groups in total. The molecular formula is C15H23BrN4O4S. The largest absolute Gasteiger partial charge is 0.444 e. The van der Waals surface area contributed by atoms with E-state index >= 15 is 0 Å². The van der Waals surface area contributed by atoms with Crippen molar-refractivity contribution in [3.63, 3.8) is 0 Å². The van der Waals surface area contributed by atoms with Crippen LogP contribution < -0.4 is 10.5 Å². The summed E-state index contributed by atoms with van der Waals surface area (Å²) < 4.78 is 33.2. The molecule has 1 amide bonds. The van der Waals surface area contributed by atoms with Gasteiger partial charge in [-0.15, -0.1) is 0 Å². The number of likely N-dealkylation sites (tertiary alicyclic amines) is 1. The number of pyridine rings is 1. The zero-order valence-electron chi connectivity index (χ0n) is 14.5. The minimum atomic E-state index is -3.77. The van der Waals surface area contributed by atoms with E-state index < -0.39 is 15.6 Å². The molecule has 2 heterocycles. The summed E-state index contributed by atoms with van der Waals surface area (Å²) in [5, 5.41) is 0. The number of halogens is 1. The maximum Gasteiger partial charge on any atom is 0.410 e. The van der Waals surface area contributed by atoms with Crippen molar-refractivity contribution >= 4 is 37.9 Å². The van der Waals surface area contributed by atoms with Gasteiger partial charge in [-0.3, -0.25) is 0 Å². The highest BCUT2D eigenvalue weighted by Crippen LogP contribution is 2.22. The molecule has 0 spiro atoms. The number of nitrogens with one attached hydrogen (secondary N) is 1. The topological polar surface area (TPSA) is 115 Å².